The zero-order valence-electron chi connectivity index (χ0n) is 12.5. The van der Waals surface area contributed by atoms with E-state index in [2.05, 4.69) is 46.1 Å². The Balaban J connectivity index is 2.08. The Morgan fingerprint density at radius 1 is 1.14 bits per heavy atom. The van der Waals surface area contributed by atoms with E-state index in [4.69, 9.17) is 10.5 Å². The molecule has 0 spiro atoms. The van der Waals surface area contributed by atoms with Crippen LogP contribution in [-0.4, -0.2) is 18.6 Å². The van der Waals surface area contributed by atoms with Crippen LogP contribution in [-0.2, 0) is 13.1 Å². The van der Waals surface area contributed by atoms with Gasteiger partial charge in [0, 0.05) is 28.8 Å². The zero-order valence-corrected chi connectivity index (χ0v) is 14.1. The molecule has 2 N–H and O–H groups in total. The van der Waals surface area contributed by atoms with E-state index >= 15 is 0 Å². The lowest BCUT2D eigenvalue weighted by Gasteiger charge is -2.19. The molecule has 2 aromatic carbocycles. The van der Waals surface area contributed by atoms with E-state index < -0.39 is 0 Å². The van der Waals surface area contributed by atoms with E-state index in [1.54, 1.807) is 0 Å². The molecule has 0 unspecified atom stereocenters. The van der Waals surface area contributed by atoms with Crippen molar-refractivity contribution in [3.8, 4) is 5.75 Å². The molecule has 0 saturated heterocycles. The molecule has 0 atom stereocenters. The van der Waals surface area contributed by atoms with Gasteiger partial charge in [0.2, 0.25) is 0 Å². The summed E-state index contributed by atoms with van der Waals surface area (Å²) in [4.78, 5) is 2.25. The lowest BCUT2D eigenvalue weighted by Crippen LogP contribution is -2.18. The normalized spacial score (nSPS) is 10.9. The minimum atomic E-state index is 0.659. The molecule has 0 aliphatic rings. The first-order chi connectivity index (χ1) is 10.1. The number of rotatable bonds is 6. The summed E-state index contributed by atoms with van der Waals surface area (Å²) < 4.78 is 6.78. The molecule has 2 rings (SSSR count). The van der Waals surface area contributed by atoms with Crippen LogP contribution in [0.1, 0.15) is 18.1 Å². The van der Waals surface area contributed by atoms with Crippen LogP contribution in [0.25, 0.3) is 0 Å². The maximum atomic E-state index is 5.89. The van der Waals surface area contributed by atoms with Crippen molar-refractivity contribution in [2.75, 3.05) is 19.4 Å². The second-order valence-electron chi connectivity index (χ2n) is 5.10. The van der Waals surface area contributed by atoms with Crippen molar-refractivity contribution in [3.05, 3.63) is 58.1 Å². The molecule has 0 radical (unpaired) electrons. The Morgan fingerprint density at radius 3 is 2.67 bits per heavy atom. The Kier molecular flexibility index (Phi) is 5.65. The summed E-state index contributed by atoms with van der Waals surface area (Å²) in [7, 11) is 2.10. The second-order valence-corrected chi connectivity index (χ2v) is 6.02. The lowest BCUT2D eigenvalue weighted by atomic mass is 10.1. The van der Waals surface area contributed by atoms with Gasteiger partial charge in [-0.05, 0) is 49.9 Å². The molecule has 0 heterocycles. The fourth-order valence-electron chi connectivity index (χ4n) is 2.31. The van der Waals surface area contributed by atoms with Gasteiger partial charge in [-0.1, -0.05) is 28.1 Å². The molecule has 0 aromatic heterocycles. The topological polar surface area (TPSA) is 38.5 Å². The van der Waals surface area contributed by atoms with Crippen molar-refractivity contribution in [1.82, 2.24) is 4.90 Å². The third kappa shape index (κ3) is 4.76. The van der Waals surface area contributed by atoms with Crippen molar-refractivity contribution in [3.63, 3.8) is 0 Å². The minimum absolute atomic E-state index is 0.659. The number of ether oxygens (including phenoxy) is 1. The van der Waals surface area contributed by atoms with Gasteiger partial charge < -0.3 is 10.5 Å². The van der Waals surface area contributed by atoms with Gasteiger partial charge in [0.25, 0.3) is 0 Å². The Bertz CT molecular complexity index is 601. The van der Waals surface area contributed by atoms with Gasteiger partial charge in [-0.15, -0.1) is 0 Å². The van der Waals surface area contributed by atoms with E-state index in [1.807, 2.05) is 31.2 Å². The average Bonchev–Trinajstić information content (AvgIpc) is 2.42. The third-order valence-electron chi connectivity index (χ3n) is 3.17. The molecule has 112 valence electrons. The van der Waals surface area contributed by atoms with Gasteiger partial charge in [-0.25, -0.2) is 0 Å². The first-order valence-corrected chi connectivity index (χ1v) is 7.82. The molecule has 0 aliphatic carbocycles. The standard InChI is InChI=1S/C17H21BrN2O/c1-3-21-17-8-7-16(19)10-14(17)12-20(2)11-13-5-4-6-15(18)9-13/h4-10H,3,11-12,19H2,1-2H3. The van der Waals surface area contributed by atoms with Crippen molar-refractivity contribution >= 4 is 21.6 Å². The van der Waals surface area contributed by atoms with Crippen LogP contribution in [0, 0.1) is 0 Å². The highest BCUT2D eigenvalue weighted by Crippen LogP contribution is 2.23. The number of halogens is 1. The highest BCUT2D eigenvalue weighted by atomic mass is 79.9. The van der Waals surface area contributed by atoms with Gasteiger partial charge in [0.1, 0.15) is 5.75 Å². The Labute approximate surface area is 134 Å². The van der Waals surface area contributed by atoms with Crippen LogP contribution in [0.4, 0.5) is 5.69 Å². The maximum absolute atomic E-state index is 5.89. The zero-order chi connectivity index (χ0) is 15.2. The second kappa shape index (κ2) is 7.48. The van der Waals surface area contributed by atoms with Gasteiger partial charge >= 0.3 is 0 Å². The smallest absolute Gasteiger partial charge is 0.123 e. The number of hydrogen-bond acceptors (Lipinski definition) is 3. The summed E-state index contributed by atoms with van der Waals surface area (Å²) in [6.07, 6.45) is 0. The molecular formula is C17H21BrN2O. The quantitative estimate of drug-likeness (QED) is 0.800. The summed E-state index contributed by atoms with van der Waals surface area (Å²) >= 11 is 3.51. The highest BCUT2D eigenvalue weighted by Gasteiger charge is 2.08. The Morgan fingerprint density at radius 2 is 1.95 bits per heavy atom. The third-order valence-corrected chi connectivity index (χ3v) is 3.66. The highest BCUT2D eigenvalue weighted by molar-refractivity contribution is 9.10. The van der Waals surface area contributed by atoms with Crippen LogP contribution in [0.3, 0.4) is 0 Å². The maximum Gasteiger partial charge on any atom is 0.123 e. The monoisotopic (exact) mass is 348 g/mol. The van der Waals surface area contributed by atoms with E-state index in [0.29, 0.717) is 6.61 Å². The van der Waals surface area contributed by atoms with Gasteiger partial charge in [-0.3, -0.25) is 4.90 Å². The summed E-state index contributed by atoms with van der Waals surface area (Å²) in [6.45, 7) is 4.32. The van der Waals surface area contributed by atoms with Crippen LogP contribution in [0.2, 0.25) is 0 Å². The molecule has 3 nitrogen and oxygen atoms in total. The number of nitrogen functional groups attached to an aromatic ring is 1. The number of benzene rings is 2. The minimum Gasteiger partial charge on any atom is -0.494 e. The fourth-order valence-corrected chi connectivity index (χ4v) is 2.76. The van der Waals surface area contributed by atoms with Crippen LogP contribution < -0.4 is 10.5 Å². The van der Waals surface area contributed by atoms with E-state index in [1.165, 1.54) is 5.56 Å². The first kappa shape index (κ1) is 15.9. The fraction of sp³-hybridized carbons (Fsp3) is 0.294. The number of anilines is 1. The molecular weight excluding hydrogens is 328 g/mol. The van der Waals surface area contributed by atoms with Crippen molar-refractivity contribution in [2.24, 2.45) is 0 Å². The first-order valence-electron chi connectivity index (χ1n) is 7.02. The molecule has 0 fully saturated rings. The van der Waals surface area contributed by atoms with E-state index in [9.17, 15) is 0 Å². The molecule has 0 amide bonds. The SMILES string of the molecule is CCOc1ccc(N)cc1CN(C)Cc1cccc(Br)c1. The van der Waals surface area contributed by atoms with Crippen LogP contribution >= 0.6 is 15.9 Å². The number of hydrogen-bond donors (Lipinski definition) is 1. The molecule has 2 aromatic rings. The molecule has 0 bridgehead atoms. The summed E-state index contributed by atoms with van der Waals surface area (Å²) in [5, 5.41) is 0. The molecule has 21 heavy (non-hydrogen) atoms. The molecule has 0 aliphatic heterocycles. The average molecular weight is 349 g/mol. The molecule has 0 saturated carbocycles. The summed E-state index contributed by atoms with van der Waals surface area (Å²) in [5.41, 5.74) is 9.05. The molecule has 4 heteroatoms. The van der Waals surface area contributed by atoms with Crippen molar-refractivity contribution in [2.45, 2.75) is 20.0 Å². The van der Waals surface area contributed by atoms with Gasteiger partial charge in [0.15, 0.2) is 0 Å². The number of nitrogens with zero attached hydrogens (tertiary/aromatic N) is 1. The predicted octanol–water partition coefficient (Wildman–Crippen LogP) is 4.06. The largest absolute Gasteiger partial charge is 0.494 e. The van der Waals surface area contributed by atoms with E-state index in [-0.39, 0.29) is 0 Å². The summed E-state index contributed by atoms with van der Waals surface area (Å²) in [6, 6.07) is 14.2. The van der Waals surface area contributed by atoms with Gasteiger partial charge in [-0.2, -0.15) is 0 Å². The van der Waals surface area contributed by atoms with Gasteiger partial charge in [0.05, 0.1) is 6.61 Å². The predicted molar refractivity (Wildman–Crippen MR) is 91.3 cm³/mol. The summed E-state index contributed by atoms with van der Waals surface area (Å²) in [5.74, 6) is 0.910. The van der Waals surface area contributed by atoms with Crippen molar-refractivity contribution < 1.29 is 4.74 Å². The van der Waals surface area contributed by atoms with E-state index in [0.717, 1.165) is 34.6 Å². The van der Waals surface area contributed by atoms with Crippen LogP contribution in [0.5, 0.6) is 5.75 Å². The van der Waals surface area contributed by atoms with Crippen molar-refractivity contribution in [1.29, 1.82) is 0 Å². The lowest BCUT2D eigenvalue weighted by molar-refractivity contribution is 0.298. The van der Waals surface area contributed by atoms with Crippen LogP contribution in [0.15, 0.2) is 46.9 Å². The Hall–Kier alpha value is -1.52. The number of nitrogens with two attached hydrogens (primary N) is 1.